The summed E-state index contributed by atoms with van der Waals surface area (Å²) in [5, 5.41) is 3.39. The number of aromatic nitrogens is 2. The van der Waals surface area contributed by atoms with Crippen LogP contribution in [-0.4, -0.2) is 61.7 Å². The summed E-state index contributed by atoms with van der Waals surface area (Å²) in [6.07, 6.45) is 2.77. The molecule has 1 aliphatic rings. The molecular weight excluding hydrogens is 302 g/mol. The third-order valence-corrected chi connectivity index (χ3v) is 4.31. The molecule has 0 saturated carbocycles. The first-order valence-corrected chi connectivity index (χ1v) is 8.38. The summed E-state index contributed by atoms with van der Waals surface area (Å²) in [5.74, 6) is 2.59. The lowest BCUT2D eigenvalue weighted by Crippen LogP contribution is -2.45. The average Bonchev–Trinajstić information content (AvgIpc) is 2.63. The number of anilines is 2. The molecule has 2 aromatic rings. The molecule has 1 aromatic carbocycles. The maximum atomic E-state index is 5.18. The first-order valence-electron chi connectivity index (χ1n) is 8.38. The van der Waals surface area contributed by atoms with Crippen molar-refractivity contribution >= 4 is 11.8 Å². The number of piperazine rings is 1. The van der Waals surface area contributed by atoms with Crippen LogP contribution in [0.1, 0.15) is 5.56 Å². The highest BCUT2D eigenvalue weighted by Crippen LogP contribution is 2.14. The van der Waals surface area contributed by atoms with Crippen molar-refractivity contribution in [3.05, 3.63) is 42.1 Å². The Morgan fingerprint density at radius 1 is 1.08 bits per heavy atom. The number of hydrogen-bond acceptors (Lipinski definition) is 6. The Hall–Kier alpha value is -2.34. The van der Waals surface area contributed by atoms with Crippen molar-refractivity contribution in [2.45, 2.75) is 6.42 Å². The van der Waals surface area contributed by atoms with E-state index in [1.807, 2.05) is 24.4 Å². The van der Waals surface area contributed by atoms with Gasteiger partial charge < -0.3 is 19.9 Å². The summed E-state index contributed by atoms with van der Waals surface area (Å²) in [7, 11) is 3.83. The first-order chi connectivity index (χ1) is 11.7. The molecule has 6 nitrogen and oxygen atoms in total. The predicted octanol–water partition coefficient (Wildman–Crippen LogP) is 1.89. The monoisotopic (exact) mass is 327 g/mol. The number of nitrogens with one attached hydrogen (secondary N) is 1. The van der Waals surface area contributed by atoms with Gasteiger partial charge in [-0.2, -0.15) is 4.98 Å². The summed E-state index contributed by atoms with van der Waals surface area (Å²) in [4.78, 5) is 13.6. The molecule has 1 fully saturated rings. The van der Waals surface area contributed by atoms with E-state index < -0.39 is 0 Å². The van der Waals surface area contributed by atoms with Gasteiger partial charge in [0.05, 0.1) is 7.11 Å². The van der Waals surface area contributed by atoms with Crippen molar-refractivity contribution in [2.75, 3.05) is 57.1 Å². The van der Waals surface area contributed by atoms with Gasteiger partial charge in [-0.3, -0.25) is 0 Å². The molecule has 1 N–H and O–H groups in total. The van der Waals surface area contributed by atoms with Gasteiger partial charge in [-0.25, -0.2) is 4.98 Å². The number of benzene rings is 1. The second-order valence-corrected chi connectivity index (χ2v) is 6.06. The van der Waals surface area contributed by atoms with E-state index in [4.69, 9.17) is 4.74 Å². The summed E-state index contributed by atoms with van der Waals surface area (Å²) in [5.41, 5.74) is 1.27. The van der Waals surface area contributed by atoms with Gasteiger partial charge in [-0.05, 0) is 37.2 Å². The zero-order chi connectivity index (χ0) is 16.8. The Labute approximate surface area is 143 Å². The van der Waals surface area contributed by atoms with E-state index in [-0.39, 0.29) is 0 Å². The Kier molecular flexibility index (Phi) is 5.48. The van der Waals surface area contributed by atoms with Crippen LogP contribution < -0.4 is 15.0 Å². The number of ether oxygens (including phenoxy) is 1. The van der Waals surface area contributed by atoms with Gasteiger partial charge in [0, 0.05) is 38.9 Å². The topological polar surface area (TPSA) is 53.5 Å². The van der Waals surface area contributed by atoms with Crippen LogP contribution in [0.5, 0.6) is 5.75 Å². The van der Waals surface area contributed by atoms with Gasteiger partial charge in [-0.1, -0.05) is 12.1 Å². The maximum absolute atomic E-state index is 5.18. The Balaban J connectivity index is 1.52. The van der Waals surface area contributed by atoms with Crippen molar-refractivity contribution < 1.29 is 4.74 Å². The highest BCUT2D eigenvalue weighted by atomic mass is 16.5. The van der Waals surface area contributed by atoms with E-state index in [1.54, 1.807) is 7.11 Å². The molecule has 6 heteroatoms. The summed E-state index contributed by atoms with van der Waals surface area (Å²) in [6, 6.07) is 10.1. The fourth-order valence-corrected chi connectivity index (χ4v) is 2.73. The summed E-state index contributed by atoms with van der Waals surface area (Å²) < 4.78 is 5.18. The van der Waals surface area contributed by atoms with Crippen molar-refractivity contribution in [3.63, 3.8) is 0 Å². The molecule has 0 atom stereocenters. The minimum absolute atomic E-state index is 0.817. The third-order valence-electron chi connectivity index (χ3n) is 4.31. The molecule has 3 rings (SSSR count). The SMILES string of the molecule is COc1ccc(CCNc2ccnc(N3CCN(C)CC3)n2)cc1. The number of likely N-dealkylation sites (N-methyl/N-ethyl adjacent to an activating group) is 1. The first kappa shape index (κ1) is 16.5. The van der Waals surface area contributed by atoms with Gasteiger partial charge >= 0.3 is 0 Å². The van der Waals surface area contributed by atoms with Crippen LogP contribution in [0.15, 0.2) is 36.5 Å². The van der Waals surface area contributed by atoms with Crippen molar-refractivity contribution in [3.8, 4) is 5.75 Å². The fourth-order valence-electron chi connectivity index (χ4n) is 2.73. The molecule has 1 aliphatic heterocycles. The molecule has 24 heavy (non-hydrogen) atoms. The average molecular weight is 327 g/mol. The Morgan fingerprint density at radius 3 is 2.54 bits per heavy atom. The summed E-state index contributed by atoms with van der Waals surface area (Å²) >= 11 is 0. The van der Waals surface area contributed by atoms with Crippen LogP contribution >= 0.6 is 0 Å². The second-order valence-electron chi connectivity index (χ2n) is 6.06. The van der Waals surface area contributed by atoms with Gasteiger partial charge in [0.2, 0.25) is 5.95 Å². The Bertz CT molecular complexity index is 638. The minimum atomic E-state index is 0.817. The van der Waals surface area contributed by atoms with Crippen LogP contribution in [0.4, 0.5) is 11.8 Å². The molecule has 0 unspecified atom stereocenters. The maximum Gasteiger partial charge on any atom is 0.227 e. The van der Waals surface area contributed by atoms with E-state index in [2.05, 4.69) is 44.3 Å². The highest BCUT2D eigenvalue weighted by Gasteiger charge is 2.16. The molecule has 1 saturated heterocycles. The molecule has 128 valence electrons. The van der Waals surface area contributed by atoms with Crippen LogP contribution in [0.3, 0.4) is 0 Å². The molecule has 0 bridgehead atoms. The molecule has 0 amide bonds. The molecular formula is C18H25N5O. The van der Waals surface area contributed by atoms with Crippen molar-refractivity contribution in [2.24, 2.45) is 0 Å². The zero-order valence-electron chi connectivity index (χ0n) is 14.4. The highest BCUT2D eigenvalue weighted by molar-refractivity contribution is 5.41. The van der Waals surface area contributed by atoms with Crippen LogP contribution in [0.25, 0.3) is 0 Å². The Morgan fingerprint density at radius 2 is 1.83 bits per heavy atom. The number of methoxy groups -OCH3 is 1. The van der Waals surface area contributed by atoms with Crippen molar-refractivity contribution in [1.29, 1.82) is 0 Å². The smallest absolute Gasteiger partial charge is 0.227 e. The molecule has 0 radical (unpaired) electrons. The lowest BCUT2D eigenvalue weighted by molar-refractivity contribution is 0.311. The van der Waals surface area contributed by atoms with E-state index in [9.17, 15) is 0 Å². The lowest BCUT2D eigenvalue weighted by Gasteiger charge is -2.32. The van der Waals surface area contributed by atoms with E-state index >= 15 is 0 Å². The van der Waals surface area contributed by atoms with E-state index in [1.165, 1.54) is 5.56 Å². The molecule has 0 spiro atoms. The number of hydrogen-bond donors (Lipinski definition) is 1. The minimum Gasteiger partial charge on any atom is -0.497 e. The predicted molar refractivity (Wildman–Crippen MR) is 96.9 cm³/mol. The molecule has 1 aromatic heterocycles. The van der Waals surface area contributed by atoms with Crippen LogP contribution in [0, 0.1) is 0 Å². The third kappa shape index (κ3) is 4.35. The van der Waals surface area contributed by atoms with E-state index in [0.29, 0.717) is 0 Å². The van der Waals surface area contributed by atoms with Crippen LogP contribution in [0.2, 0.25) is 0 Å². The summed E-state index contributed by atoms with van der Waals surface area (Å²) in [6.45, 7) is 4.90. The molecule has 0 aliphatic carbocycles. The van der Waals surface area contributed by atoms with Gasteiger partial charge in [0.25, 0.3) is 0 Å². The fraction of sp³-hybridized carbons (Fsp3) is 0.444. The standard InChI is InChI=1S/C18H25N5O/c1-22-11-13-23(14-12-22)18-20-10-8-17(21-18)19-9-7-15-3-5-16(24-2)6-4-15/h3-6,8,10H,7,9,11-14H2,1-2H3,(H,19,20,21). The van der Waals surface area contributed by atoms with Crippen LogP contribution in [-0.2, 0) is 6.42 Å². The second kappa shape index (κ2) is 7.97. The molecule has 2 heterocycles. The largest absolute Gasteiger partial charge is 0.497 e. The van der Waals surface area contributed by atoms with Crippen molar-refractivity contribution in [1.82, 2.24) is 14.9 Å². The van der Waals surface area contributed by atoms with Gasteiger partial charge in [0.15, 0.2) is 0 Å². The van der Waals surface area contributed by atoms with E-state index in [0.717, 1.165) is 56.7 Å². The number of nitrogens with zero attached hydrogens (tertiary/aromatic N) is 4. The van der Waals surface area contributed by atoms with Gasteiger partial charge in [0.1, 0.15) is 11.6 Å². The lowest BCUT2D eigenvalue weighted by atomic mass is 10.1. The normalized spacial score (nSPS) is 15.3. The quantitative estimate of drug-likeness (QED) is 0.874. The van der Waals surface area contributed by atoms with Gasteiger partial charge in [-0.15, -0.1) is 0 Å². The zero-order valence-corrected chi connectivity index (χ0v) is 14.4. The number of rotatable bonds is 6.